The predicted molar refractivity (Wildman–Crippen MR) is 98.9 cm³/mol. The molecule has 3 aromatic rings. The molecule has 0 aliphatic carbocycles. The summed E-state index contributed by atoms with van der Waals surface area (Å²) < 4.78 is 1.15. The van der Waals surface area contributed by atoms with Crippen LogP contribution in [0.5, 0.6) is 0 Å². The van der Waals surface area contributed by atoms with Gasteiger partial charge in [-0.3, -0.25) is 9.59 Å². The van der Waals surface area contributed by atoms with E-state index in [0.29, 0.717) is 14.8 Å². The second-order valence-electron chi connectivity index (χ2n) is 5.67. The maximum Gasteiger partial charge on any atom is 0.266 e. The second kappa shape index (κ2) is 6.81. The molecule has 2 aromatic carbocycles. The van der Waals surface area contributed by atoms with Gasteiger partial charge < -0.3 is 4.98 Å². The van der Waals surface area contributed by atoms with E-state index in [9.17, 15) is 9.59 Å². The number of rotatable bonds is 3. The number of carbonyl (C=O) groups is 1. The van der Waals surface area contributed by atoms with Crippen molar-refractivity contribution >= 4 is 29.3 Å². The third-order valence-corrected chi connectivity index (χ3v) is 4.66. The zero-order valence-corrected chi connectivity index (χ0v) is 14.3. The molecule has 1 heterocycles. The zero-order chi connectivity index (χ0) is 17.1. The van der Waals surface area contributed by atoms with Gasteiger partial charge in [-0.2, -0.15) is 0 Å². The molecule has 120 valence electrons. The Hall–Kier alpha value is -2.72. The van der Waals surface area contributed by atoms with E-state index in [1.807, 2.05) is 62.4 Å². The van der Waals surface area contributed by atoms with Gasteiger partial charge in [0, 0.05) is 11.6 Å². The van der Waals surface area contributed by atoms with Crippen molar-refractivity contribution in [3.63, 3.8) is 0 Å². The van der Waals surface area contributed by atoms with Crippen LogP contribution in [0, 0.1) is 13.8 Å². The Morgan fingerprint density at radius 2 is 1.88 bits per heavy atom. The van der Waals surface area contributed by atoms with Crippen LogP contribution < -0.4 is 14.8 Å². The molecule has 0 aliphatic rings. The molecule has 0 fully saturated rings. The second-order valence-corrected chi connectivity index (χ2v) is 6.75. The number of benzene rings is 2. The topological polar surface area (TPSA) is 49.9 Å². The Labute approximate surface area is 143 Å². The Kier molecular flexibility index (Phi) is 4.58. The van der Waals surface area contributed by atoms with Crippen molar-refractivity contribution in [1.29, 1.82) is 0 Å². The van der Waals surface area contributed by atoms with Crippen LogP contribution in [0.25, 0.3) is 12.2 Å². The summed E-state index contributed by atoms with van der Waals surface area (Å²) in [6.07, 6.45) is 3.33. The summed E-state index contributed by atoms with van der Waals surface area (Å²) in [7, 11) is 0. The van der Waals surface area contributed by atoms with E-state index >= 15 is 0 Å². The molecule has 0 saturated carbocycles. The van der Waals surface area contributed by atoms with E-state index in [0.717, 1.165) is 16.7 Å². The van der Waals surface area contributed by atoms with E-state index in [4.69, 9.17) is 0 Å². The van der Waals surface area contributed by atoms with Crippen LogP contribution >= 0.6 is 11.3 Å². The largest absolute Gasteiger partial charge is 0.313 e. The first-order chi connectivity index (χ1) is 11.5. The number of aryl methyl sites for hydroxylation is 2. The molecule has 0 atom stereocenters. The van der Waals surface area contributed by atoms with Gasteiger partial charge in [0.25, 0.3) is 5.56 Å². The lowest BCUT2D eigenvalue weighted by atomic mass is 10.1. The van der Waals surface area contributed by atoms with E-state index in [2.05, 4.69) is 4.98 Å². The zero-order valence-electron chi connectivity index (χ0n) is 13.5. The molecule has 0 saturated heterocycles. The predicted octanol–water partition coefficient (Wildman–Crippen LogP) is 2.55. The van der Waals surface area contributed by atoms with Crippen LogP contribution in [-0.2, 0) is 0 Å². The fraction of sp³-hybridized carbons (Fsp3) is 0.100. The number of aromatic amines is 1. The first kappa shape index (κ1) is 16.1. The number of H-pyrrole nitrogens is 1. The molecule has 4 heteroatoms. The normalized spacial score (nSPS) is 12.6. The average Bonchev–Trinajstić information content (AvgIpc) is 2.87. The first-order valence-electron chi connectivity index (χ1n) is 7.62. The molecule has 3 rings (SSSR count). The molecule has 0 unspecified atom stereocenters. The standard InChI is InChI=1S/C20H17NO2S/c1-13-6-5-8-15(10-13)11-18-20(23)21-19(24-18)12-17(22)16-9-4-3-7-14(16)2/h3-12H,1-2H3,(H,21,23). The van der Waals surface area contributed by atoms with Crippen molar-refractivity contribution in [3.05, 3.63) is 90.3 Å². The van der Waals surface area contributed by atoms with Crippen molar-refractivity contribution < 1.29 is 4.79 Å². The number of nitrogens with one attached hydrogen (secondary N) is 1. The molecule has 24 heavy (non-hydrogen) atoms. The minimum Gasteiger partial charge on any atom is -0.313 e. The van der Waals surface area contributed by atoms with Gasteiger partial charge in [-0.05, 0) is 31.1 Å². The maximum atomic E-state index is 12.4. The highest BCUT2D eigenvalue weighted by Gasteiger charge is 2.05. The highest BCUT2D eigenvalue weighted by Crippen LogP contribution is 2.08. The van der Waals surface area contributed by atoms with Crippen molar-refractivity contribution in [1.82, 2.24) is 4.98 Å². The van der Waals surface area contributed by atoms with Crippen LogP contribution in [-0.4, -0.2) is 10.8 Å². The lowest BCUT2D eigenvalue weighted by Crippen LogP contribution is -2.20. The number of carbonyl (C=O) groups excluding carboxylic acids is 1. The fourth-order valence-electron chi connectivity index (χ4n) is 2.48. The fourth-order valence-corrected chi connectivity index (χ4v) is 3.37. The number of Topliss-reactive ketones (excluding diaryl/α,β-unsaturated/α-hetero) is 1. The lowest BCUT2D eigenvalue weighted by Gasteiger charge is -1.99. The molecule has 1 aromatic heterocycles. The highest BCUT2D eigenvalue weighted by molar-refractivity contribution is 7.07. The van der Waals surface area contributed by atoms with Crippen LogP contribution in [0.1, 0.15) is 27.0 Å². The van der Waals surface area contributed by atoms with Gasteiger partial charge in [0.05, 0.1) is 9.20 Å². The Morgan fingerprint density at radius 1 is 1.08 bits per heavy atom. The summed E-state index contributed by atoms with van der Waals surface area (Å²) in [5, 5.41) is 0. The van der Waals surface area contributed by atoms with Gasteiger partial charge >= 0.3 is 0 Å². The van der Waals surface area contributed by atoms with Gasteiger partial charge in [-0.25, -0.2) is 0 Å². The van der Waals surface area contributed by atoms with Gasteiger partial charge in [0.2, 0.25) is 0 Å². The monoisotopic (exact) mass is 335 g/mol. The summed E-state index contributed by atoms with van der Waals surface area (Å²) in [4.78, 5) is 27.2. The smallest absolute Gasteiger partial charge is 0.266 e. The minimum atomic E-state index is -0.176. The number of aromatic nitrogens is 1. The SMILES string of the molecule is Cc1cccc(C=c2sc(=CC(=O)c3ccccc3C)[nH]c2=O)c1. The summed E-state index contributed by atoms with van der Waals surface area (Å²) in [5.41, 5.74) is 3.50. The number of ketones is 1. The van der Waals surface area contributed by atoms with E-state index in [1.165, 1.54) is 17.4 Å². The molecule has 0 amide bonds. The third kappa shape index (κ3) is 3.60. The summed E-state index contributed by atoms with van der Waals surface area (Å²) >= 11 is 1.29. The van der Waals surface area contributed by atoms with Crippen LogP contribution in [0.4, 0.5) is 0 Å². The minimum absolute atomic E-state index is 0.104. The molecule has 0 radical (unpaired) electrons. The number of thiazole rings is 1. The van der Waals surface area contributed by atoms with Crippen molar-refractivity contribution in [2.45, 2.75) is 13.8 Å². The highest BCUT2D eigenvalue weighted by atomic mass is 32.1. The van der Waals surface area contributed by atoms with Crippen molar-refractivity contribution in [2.75, 3.05) is 0 Å². The summed E-state index contributed by atoms with van der Waals surface area (Å²) in [5.74, 6) is -0.104. The van der Waals surface area contributed by atoms with Gasteiger partial charge in [-0.1, -0.05) is 54.1 Å². The Balaban J connectivity index is 2.02. The Bertz CT molecular complexity index is 1070. The van der Waals surface area contributed by atoms with E-state index in [-0.39, 0.29) is 11.3 Å². The van der Waals surface area contributed by atoms with Crippen LogP contribution in [0.3, 0.4) is 0 Å². The Morgan fingerprint density at radius 3 is 2.62 bits per heavy atom. The molecule has 0 spiro atoms. The first-order valence-corrected chi connectivity index (χ1v) is 8.44. The molecular formula is C20H17NO2S. The van der Waals surface area contributed by atoms with Crippen LogP contribution in [0.15, 0.2) is 53.3 Å². The van der Waals surface area contributed by atoms with Crippen LogP contribution in [0.2, 0.25) is 0 Å². The quantitative estimate of drug-likeness (QED) is 0.748. The maximum absolute atomic E-state index is 12.4. The molecule has 0 bridgehead atoms. The lowest BCUT2D eigenvalue weighted by molar-refractivity contribution is 0.106. The third-order valence-electron chi connectivity index (χ3n) is 3.69. The van der Waals surface area contributed by atoms with E-state index in [1.54, 1.807) is 6.07 Å². The van der Waals surface area contributed by atoms with Crippen molar-refractivity contribution in [2.24, 2.45) is 0 Å². The van der Waals surface area contributed by atoms with Gasteiger partial charge in [0.1, 0.15) is 0 Å². The number of hydrogen-bond acceptors (Lipinski definition) is 3. The molecular weight excluding hydrogens is 318 g/mol. The average molecular weight is 335 g/mol. The molecule has 3 nitrogen and oxygen atoms in total. The van der Waals surface area contributed by atoms with E-state index < -0.39 is 0 Å². The summed E-state index contributed by atoms with van der Waals surface area (Å²) in [6.45, 7) is 3.91. The molecule has 1 N–H and O–H groups in total. The van der Waals surface area contributed by atoms with Crippen molar-refractivity contribution in [3.8, 4) is 0 Å². The number of hydrogen-bond donors (Lipinski definition) is 1. The molecule has 0 aliphatic heterocycles. The summed E-state index contributed by atoms with van der Waals surface area (Å²) in [6, 6.07) is 15.4. The van der Waals surface area contributed by atoms with Gasteiger partial charge in [0.15, 0.2) is 5.78 Å². The van der Waals surface area contributed by atoms with Gasteiger partial charge in [-0.15, -0.1) is 11.3 Å².